The predicted molar refractivity (Wildman–Crippen MR) is 89.7 cm³/mol. The average molecular weight is 332 g/mol. The third kappa shape index (κ3) is 4.88. The molecule has 0 aromatic heterocycles. The Morgan fingerprint density at radius 1 is 0.875 bits per heavy atom. The van der Waals surface area contributed by atoms with Gasteiger partial charge >= 0.3 is 5.97 Å². The zero-order valence-electron chi connectivity index (χ0n) is 14.1. The van der Waals surface area contributed by atoms with Crippen LogP contribution in [0.1, 0.15) is 44.2 Å². The van der Waals surface area contributed by atoms with Gasteiger partial charge in [-0.25, -0.2) is 8.78 Å². The number of carbonyl (C=O) groups is 1. The molecule has 0 N–H and O–H groups in total. The van der Waals surface area contributed by atoms with E-state index in [4.69, 9.17) is 4.74 Å². The van der Waals surface area contributed by atoms with E-state index in [9.17, 15) is 13.6 Å². The van der Waals surface area contributed by atoms with Crippen molar-refractivity contribution in [3.8, 4) is 0 Å². The lowest BCUT2D eigenvalue weighted by molar-refractivity contribution is -0.149. The van der Waals surface area contributed by atoms with Gasteiger partial charge in [-0.15, -0.1) is 0 Å². The number of benzene rings is 2. The van der Waals surface area contributed by atoms with Crippen LogP contribution in [0.15, 0.2) is 48.5 Å². The predicted octanol–water partition coefficient (Wildman–Crippen LogP) is 5.07. The van der Waals surface area contributed by atoms with Crippen molar-refractivity contribution < 1.29 is 18.3 Å². The summed E-state index contributed by atoms with van der Waals surface area (Å²) in [7, 11) is 0. The van der Waals surface area contributed by atoms with E-state index >= 15 is 0 Å². The summed E-state index contributed by atoms with van der Waals surface area (Å²) in [6, 6.07) is 12.1. The van der Waals surface area contributed by atoms with Gasteiger partial charge in [0.2, 0.25) is 0 Å². The molecule has 0 saturated heterocycles. The third-order valence-electron chi connectivity index (χ3n) is 3.82. The molecule has 4 heteroatoms. The maximum absolute atomic E-state index is 13.2. The third-order valence-corrected chi connectivity index (χ3v) is 3.82. The first-order chi connectivity index (χ1) is 11.4. The molecule has 0 heterocycles. The van der Waals surface area contributed by atoms with Crippen molar-refractivity contribution in [2.24, 2.45) is 5.92 Å². The van der Waals surface area contributed by atoms with Gasteiger partial charge in [0.05, 0.1) is 0 Å². The molecule has 128 valence electrons. The number of rotatable bonds is 6. The van der Waals surface area contributed by atoms with Crippen LogP contribution in [0.4, 0.5) is 8.78 Å². The van der Waals surface area contributed by atoms with Gasteiger partial charge in [-0.1, -0.05) is 38.1 Å². The zero-order valence-corrected chi connectivity index (χ0v) is 14.1. The maximum atomic E-state index is 13.2. The highest BCUT2D eigenvalue weighted by molar-refractivity contribution is 5.70. The Bertz CT molecular complexity index is 618. The molecule has 0 aliphatic heterocycles. The molecule has 0 spiro atoms. The van der Waals surface area contributed by atoms with Crippen LogP contribution in [-0.4, -0.2) is 12.1 Å². The summed E-state index contributed by atoms with van der Waals surface area (Å²) in [5.74, 6) is -1.02. The summed E-state index contributed by atoms with van der Waals surface area (Å²) in [6.45, 7) is 5.70. The van der Waals surface area contributed by atoms with Crippen molar-refractivity contribution in [3.63, 3.8) is 0 Å². The van der Waals surface area contributed by atoms with E-state index in [1.54, 1.807) is 31.2 Å². The largest absolute Gasteiger partial charge is 0.462 e. The summed E-state index contributed by atoms with van der Waals surface area (Å²) >= 11 is 0. The summed E-state index contributed by atoms with van der Waals surface area (Å²) in [4.78, 5) is 12.0. The van der Waals surface area contributed by atoms with Crippen LogP contribution in [0, 0.1) is 17.6 Å². The second kappa shape index (κ2) is 8.04. The van der Waals surface area contributed by atoms with E-state index in [2.05, 4.69) is 0 Å². The van der Waals surface area contributed by atoms with Crippen molar-refractivity contribution in [2.75, 3.05) is 0 Å². The second-order valence-corrected chi connectivity index (χ2v) is 6.37. The minimum atomic E-state index is -0.452. The summed E-state index contributed by atoms with van der Waals surface area (Å²) in [5, 5.41) is 0. The maximum Gasteiger partial charge on any atom is 0.306 e. The molecular formula is C20H22F2O2. The molecular weight excluding hydrogens is 310 g/mol. The Labute approximate surface area is 141 Å². The van der Waals surface area contributed by atoms with Crippen molar-refractivity contribution in [1.82, 2.24) is 0 Å². The normalized spacial score (nSPS) is 12.5. The Balaban J connectivity index is 2.30. The van der Waals surface area contributed by atoms with Crippen LogP contribution in [0.5, 0.6) is 0 Å². The number of esters is 1. The van der Waals surface area contributed by atoms with Crippen LogP contribution in [-0.2, 0) is 9.53 Å². The van der Waals surface area contributed by atoms with Gasteiger partial charge in [-0.3, -0.25) is 4.79 Å². The van der Waals surface area contributed by atoms with E-state index in [-0.39, 0.29) is 29.4 Å². The lowest BCUT2D eigenvalue weighted by atomic mass is 9.87. The molecule has 2 nitrogen and oxygen atoms in total. The highest BCUT2D eigenvalue weighted by Gasteiger charge is 2.25. The molecule has 0 fully saturated rings. The van der Waals surface area contributed by atoms with Crippen molar-refractivity contribution in [2.45, 2.75) is 39.2 Å². The topological polar surface area (TPSA) is 26.3 Å². The van der Waals surface area contributed by atoms with Crippen molar-refractivity contribution in [3.05, 3.63) is 71.3 Å². The fourth-order valence-electron chi connectivity index (χ4n) is 2.73. The number of hydrogen-bond acceptors (Lipinski definition) is 2. The van der Waals surface area contributed by atoms with E-state index in [1.165, 1.54) is 24.3 Å². The van der Waals surface area contributed by atoms with Gasteiger partial charge in [-0.05, 0) is 48.2 Å². The van der Waals surface area contributed by atoms with Crippen molar-refractivity contribution in [1.29, 1.82) is 0 Å². The standard InChI is InChI=1S/C20H22F2O2/c1-13(2)12-19(23)24-14(3)20(15-4-8-17(21)9-5-15)16-6-10-18(22)11-7-16/h4-11,13-14,20H,12H2,1-3H3. The molecule has 24 heavy (non-hydrogen) atoms. The van der Waals surface area contributed by atoms with Gasteiger partial charge in [0.15, 0.2) is 0 Å². The van der Waals surface area contributed by atoms with Gasteiger partial charge in [0.25, 0.3) is 0 Å². The smallest absolute Gasteiger partial charge is 0.306 e. The van der Waals surface area contributed by atoms with Crippen LogP contribution < -0.4 is 0 Å². The fourth-order valence-corrected chi connectivity index (χ4v) is 2.73. The average Bonchev–Trinajstić information content (AvgIpc) is 2.50. The molecule has 2 aromatic carbocycles. The second-order valence-electron chi connectivity index (χ2n) is 6.37. The number of hydrogen-bond donors (Lipinski definition) is 0. The van der Waals surface area contributed by atoms with Crippen LogP contribution in [0.25, 0.3) is 0 Å². The highest BCUT2D eigenvalue weighted by atomic mass is 19.1. The fraction of sp³-hybridized carbons (Fsp3) is 0.350. The molecule has 0 amide bonds. The van der Waals surface area contributed by atoms with Gasteiger partial charge in [0, 0.05) is 12.3 Å². The molecule has 0 radical (unpaired) electrons. The van der Waals surface area contributed by atoms with Gasteiger partial charge < -0.3 is 4.74 Å². The van der Waals surface area contributed by atoms with Crippen LogP contribution >= 0.6 is 0 Å². The monoisotopic (exact) mass is 332 g/mol. The quantitative estimate of drug-likeness (QED) is 0.690. The molecule has 2 rings (SSSR count). The summed E-state index contributed by atoms with van der Waals surface area (Å²) in [5.41, 5.74) is 1.63. The Hall–Kier alpha value is -2.23. The Morgan fingerprint density at radius 3 is 1.67 bits per heavy atom. The Morgan fingerprint density at radius 2 is 1.29 bits per heavy atom. The lowest BCUT2D eigenvalue weighted by Crippen LogP contribution is -2.24. The van der Waals surface area contributed by atoms with Crippen LogP contribution in [0.2, 0.25) is 0 Å². The lowest BCUT2D eigenvalue weighted by Gasteiger charge is -2.25. The minimum Gasteiger partial charge on any atom is -0.462 e. The van der Waals surface area contributed by atoms with Crippen LogP contribution in [0.3, 0.4) is 0 Å². The first-order valence-electron chi connectivity index (χ1n) is 8.07. The first kappa shape index (κ1) is 18.1. The molecule has 0 aliphatic rings. The van der Waals surface area contributed by atoms with E-state index in [0.717, 1.165) is 11.1 Å². The van der Waals surface area contributed by atoms with Gasteiger partial charge in [0.1, 0.15) is 17.7 Å². The Kier molecular flexibility index (Phi) is 6.07. The molecule has 0 saturated carbocycles. The van der Waals surface area contributed by atoms with E-state index in [1.807, 2.05) is 13.8 Å². The molecule has 1 unspecified atom stereocenters. The number of halogens is 2. The molecule has 0 aliphatic carbocycles. The summed E-state index contributed by atoms with van der Waals surface area (Å²) < 4.78 is 32.0. The van der Waals surface area contributed by atoms with Gasteiger partial charge in [-0.2, -0.15) is 0 Å². The molecule has 2 aromatic rings. The minimum absolute atomic E-state index is 0.208. The highest BCUT2D eigenvalue weighted by Crippen LogP contribution is 2.30. The van der Waals surface area contributed by atoms with E-state index < -0.39 is 6.10 Å². The number of ether oxygens (including phenoxy) is 1. The molecule has 0 bridgehead atoms. The molecule has 1 atom stereocenters. The summed E-state index contributed by atoms with van der Waals surface area (Å²) in [6.07, 6.45) is -0.114. The zero-order chi connectivity index (χ0) is 17.7. The van der Waals surface area contributed by atoms with Crippen molar-refractivity contribution >= 4 is 5.97 Å². The van der Waals surface area contributed by atoms with E-state index in [0.29, 0.717) is 6.42 Å². The first-order valence-corrected chi connectivity index (χ1v) is 8.07. The number of carbonyl (C=O) groups excluding carboxylic acids is 1. The SMILES string of the molecule is CC(C)CC(=O)OC(C)C(c1ccc(F)cc1)c1ccc(F)cc1.